The summed E-state index contributed by atoms with van der Waals surface area (Å²) in [5, 5.41) is 4.53. The quantitative estimate of drug-likeness (QED) is 0.869. The van der Waals surface area contributed by atoms with Crippen molar-refractivity contribution >= 4 is 27.1 Å². The maximum absolute atomic E-state index is 11.8. The average molecular weight is 289 g/mol. The Balaban J connectivity index is 2.53. The van der Waals surface area contributed by atoms with Crippen LogP contribution >= 0.6 is 11.3 Å². The Morgan fingerprint density at radius 2 is 2.06 bits per heavy atom. The van der Waals surface area contributed by atoms with Crippen LogP contribution in [0.2, 0.25) is 0 Å². The summed E-state index contributed by atoms with van der Waals surface area (Å²) in [7, 11) is -3.38. The molecule has 0 bridgehead atoms. The molecule has 0 saturated heterocycles. The lowest BCUT2D eigenvalue weighted by atomic mass is 10.1. The van der Waals surface area contributed by atoms with Crippen molar-refractivity contribution in [1.82, 2.24) is 5.32 Å². The molecule has 0 spiro atoms. The van der Waals surface area contributed by atoms with Crippen LogP contribution in [-0.4, -0.2) is 26.1 Å². The predicted octanol–water partition coefficient (Wildman–Crippen LogP) is 1.82. The lowest BCUT2D eigenvalue weighted by Crippen LogP contribution is -2.39. The zero-order chi connectivity index (χ0) is 13.8. The normalized spacial score (nSPS) is 13.6. The predicted molar refractivity (Wildman–Crippen MR) is 74.3 cm³/mol. The van der Waals surface area contributed by atoms with Crippen LogP contribution in [0.25, 0.3) is 0 Å². The van der Waals surface area contributed by atoms with E-state index in [1.165, 1.54) is 11.3 Å². The smallest absolute Gasteiger partial charge is 0.235 e. The number of carbonyl (C=O) groups excluding carboxylic acids is 1. The molecule has 6 heteroatoms. The summed E-state index contributed by atoms with van der Waals surface area (Å²) >= 11 is 1.38. The van der Waals surface area contributed by atoms with Gasteiger partial charge >= 0.3 is 0 Å². The Bertz CT molecular complexity index is 477. The Kier molecular flexibility index (Phi) is 5.34. The van der Waals surface area contributed by atoms with Crippen LogP contribution in [-0.2, 0) is 20.4 Å². The summed E-state index contributed by atoms with van der Waals surface area (Å²) < 4.78 is 23.6. The number of hydrogen-bond acceptors (Lipinski definition) is 4. The molecular weight excluding hydrogens is 270 g/mol. The first kappa shape index (κ1) is 15.2. The lowest BCUT2D eigenvalue weighted by molar-refractivity contribution is -0.119. The van der Waals surface area contributed by atoms with E-state index < -0.39 is 21.5 Å². The molecule has 4 nitrogen and oxygen atoms in total. The molecule has 1 amide bonds. The van der Waals surface area contributed by atoms with Gasteiger partial charge in [0.1, 0.15) is 5.75 Å². The minimum atomic E-state index is -3.38. The first-order valence-corrected chi connectivity index (χ1v) is 8.52. The molecule has 1 atom stereocenters. The molecule has 1 unspecified atom stereocenters. The van der Waals surface area contributed by atoms with Gasteiger partial charge in [0.25, 0.3) is 0 Å². The van der Waals surface area contributed by atoms with E-state index in [4.69, 9.17) is 0 Å². The largest absolute Gasteiger partial charge is 0.353 e. The van der Waals surface area contributed by atoms with Crippen molar-refractivity contribution in [2.75, 3.05) is 5.75 Å². The lowest BCUT2D eigenvalue weighted by Gasteiger charge is -2.17. The van der Waals surface area contributed by atoms with Crippen LogP contribution in [0.3, 0.4) is 0 Å². The van der Waals surface area contributed by atoms with Gasteiger partial charge in [0.15, 0.2) is 9.84 Å². The van der Waals surface area contributed by atoms with Crippen LogP contribution in [0.1, 0.15) is 25.6 Å². The third kappa shape index (κ3) is 5.18. The maximum Gasteiger partial charge on any atom is 0.235 e. The molecule has 0 aliphatic heterocycles. The highest BCUT2D eigenvalue weighted by Gasteiger charge is 2.19. The van der Waals surface area contributed by atoms with Gasteiger partial charge in [0.2, 0.25) is 5.91 Å². The Morgan fingerprint density at radius 3 is 2.56 bits per heavy atom. The van der Waals surface area contributed by atoms with Gasteiger partial charge in [-0.1, -0.05) is 19.9 Å². The number of amides is 1. The van der Waals surface area contributed by atoms with Gasteiger partial charge in [0.05, 0.1) is 5.75 Å². The van der Waals surface area contributed by atoms with Crippen LogP contribution < -0.4 is 5.32 Å². The SMILES string of the molecule is CC(C)C(C)NC(=O)CS(=O)(=O)Cc1cccs1. The minimum Gasteiger partial charge on any atom is -0.353 e. The number of carbonyl (C=O) groups is 1. The summed E-state index contributed by atoms with van der Waals surface area (Å²) in [6.07, 6.45) is 0. The fraction of sp³-hybridized carbons (Fsp3) is 0.583. The van der Waals surface area contributed by atoms with Crippen molar-refractivity contribution in [1.29, 1.82) is 0 Å². The molecule has 0 fully saturated rings. The molecule has 1 N–H and O–H groups in total. The van der Waals surface area contributed by atoms with Crippen molar-refractivity contribution in [3.8, 4) is 0 Å². The van der Waals surface area contributed by atoms with Crippen molar-refractivity contribution < 1.29 is 13.2 Å². The second kappa shape index (κ2) is 6.33. The highest BCUT2D eigenvalue weighted by atomic mass is 32.2. The van der Waals surface area contributed by atoms with Gasteiger partial charge in [-0.2, -0.15) is 0 Å². The van der Waals surface area contributed by atoms with E-state index in [1.54, 1.807) is 12.1 Å². The van der Waals surface area contributed by atoms with Gasteiger partial charge in [-0.15, -0.1) is 11.3 Å². The minimum absolute atomic E-state index is 0.0190. The molecule has 1 aromatic heterocycles. The number of thiophene rings is 1. The molecular formula is C12H19NO3S2. The molecule has 0 aliphatic carbocycles. The van der Waals surface area contributed by atoms with Crippen molar-refractivity contribution in [3.05, 3.63) is 22.4 Å². The zero-order valence-corrected chi connectivity index (χ0v) is 12.5. The third-order valence-corrected chi connectivity index (χ3v) is 5.19. The highest BCUT2D eigenvalue weighted by molar-refractivity contribution is 7.91. The van der Waals surface area contributed by atoms with E-state index in [1.807, 2.05) is 26.2 Å². The van der Waals surface area contributed by atoms with E-state index in [-0.39, 0.29) is 17.7 Å². The van der Waals surface area contributed by atoms with E-state index in [9.17, 15) is 13.2 Å². The molecule has 0 radical (unpaired) electrons. The summed E-state index contributed by atoms with van der Waals surface area (Å²) in [5.41, 5.74) is 0. The van der Waals surface area contributed by atoms with Crippen LogP contribution in [0.15, 0.2) is 17.5 Å². The molecule has 0 saturated carbocycles. The molecule has 1 aromatic rings. The molecule has 18 heavy (non-hydrogen) atoms. The monoisotopic (exact) mass is 289 g/mol. The number of sulfone groups is 1. The van der Waals surface area contributed by atoms with Crippen molar-refractivity contribution in [3.63, 3.8) is 0 Å². The fourth-order valence-corrected chi connectivity index (χ4v) is 3.74. The Hall–Kier alpha value is -0.880. The Labute approximate surface area is 112 Å². The summed E-state index contributed by atoms with van der Waals surface area (Å²) in [6, 6.07) is 3.54. The van der Waals surface area contributed by atoms with Gasteiger partial charge in [0, 0.05) is 10.9 Å². The number of rotatable bonds is 6. The molecule has 0 aliphatic rings. The van der Waals surface area contributed by atoms with Crippen molar-refractivity contribution in [2.45, 2.75) is 32.6 Å². The first-order valence-electron chi connectivity index (χ1n) is 5.82. The van der Waals surface area contributed by atoms with Crippen LogP contribution in [0, 0.1) is 5.92 Å². The fourth-order valence-electron chi connectivity index (χ4n) is 1.32. The van der Waals surface area contributed by atoms with Crippen LogP contribution in [0.5, 0.6) is 0 Å². The number of hydrogen-bond donors (Lipinski definition) is 1. The van der Waals surface area contributed by atoms with Crippen LogP contribution in [0.4, 0.5) is 0 Å². The van der Waals surface area contributed by atoms with Crippen molar-refractivity contribution in [2.24, 2.45) is 5.92 Å². The average Bonchev–Trinajstić information content (AvgIpc) is 2.67. The van der Waals surface area contributed by atoms with E-state index in [0.29, 0.717) is 0 Å². The molecule has 0 aromatic carbocycles. The zero-order valence-electron chi connectivity index (χ0n) is 10.8. The maximum atomic E-state index is 11.8. The summed E-state index contributed by atoms with van der Waals surface area (Å²) in [6.45, 7) is 5.82. The van der Waals surface area contributed by atoms with Gasteiger partial charge in [-0.3, -0.25) is 4.79 Å². The number of nitrogens with one attached hydrogen (secondary N) is 1. The third-order valence-electron chi connectivity index (χ3n) is 2.68. The second-order valence-corrected chi connectivity index (χ2v) is 7.81. The topological polar surface area (TPSA) is 63.2 Å². The molecule has 1 heterocycles. The molecule has 102 valence electrons. The summed E-state index contributed by atoms with van der Waals surface area (Å²) in [5.74, 6) is -0.641. The first-order chi connectivity index (χ1) is 8.30. The van der Waals surface area contributed by atoms with Gasteiger partial charge in [-0.05, 0) is 24.3 Å². The van der Waals surface area contributed by atoms with E-state index >= 15 is 0 Å². The molecule has 1 rings (SSSR count). The van der Waals surface area contributed by atoms with Gasteiger partial charge in [-0.25, -0.2) is 8.42 Å². The second-order valence-electron chi connectivity index (χ2n) is 4.71. The Morgan fingerprint density at radius 1 is 1.39 bits per heavy atom. The standard InChI is InChI=1S/C12H19NO3S2/c1-9(2)10(3)13-12(14)8-18(15,16)7-11-5-4-6-17-11/h4-6,9-10H,7-8H2,1-3H3,(H,13,14). The van der Waals surface area contributed by atoms with E-state index in [0.717, 1.165) is 4.88 Å². The highest BCUT2D eigenvalue weighted by Crippen LogP contribution is 2.13. The summed E-state index contributed by atoms with van der Waals surface area (Å²) in [4.78, 5) is 12.4. The van der Waals surface area contributed by atoms with Gasteiger partial charge < -0.3 is 5.32 Å². The van der Waals surface area contributed by atoms with E-state index in [2.05, 4.69) is 5.32 Å².